The summed E-state index contributed by atoms with van der Waals surface area (Å²) in [5.41, 5.74) is 1.19. The van der Waals surface area contributed by atoms with Crippen molar-refractivity contribution in [3.63, 3.8) is 0 Å². The second-order valence-electron chi connectivity index (χ2n) is 2.10. The molecule has 1 unspecified atom stereocenters. The van der Waals surface area contributed by atoms with E-state index < -0.39 is 11.1 Å². The van der Waals surface area contributed by atoms with Crippen molar-refractivity contribution >= 4 is 11.1 Å². The lowest BCUT2D eigenvalue weighted by Gasteiger charge is -1.89. The normalized spacial score (nSPS) is 12.8. The van der Waals surface area contributed by atoms with Gasteiger partial charge in [0.1, 0.15) is 0 Å². The van der Waals surface area contributed by atoms with Gasteiger partial charge < -0.3 is 4.55 Å². The van der Waals surface area contributed by atoms with Crippen LogP contribution < -0.4 is 0 Å². The van der Waals surface area contributed by atoms with Gasteiger partial charge in [0, 0.05) is 0 Å². The maximum atomic E-state index is 10.1. The van der Waals surface area contributed by atoms with Gasteiger partial charge in [-0.3, -0.25) is 0 Å². The van der Waals surface area contributed by atoms with Crippen LogP contribution in [-0.2, 0) is 11.1 Å². The third-order valence-electron chi connectivity index (χ3n) is 0.845. The second-order valence-corrected chi connectivity index (χ2v) is 3.15. The van der Waals surface area contributed by atoms with Crippen LogP contribution in [0.2, 0.25) is 0 Å². The van der Waals surface area contributed by atoms with E-state index in [9.17, 15) is 4.21 Å². The van der Waals surface area contributed by atoms with Gasteiger partial charge in [0.25, 0.3) is 0 Å². The van der Waals surface area contributed by atoms with E-state index in [-0.39, 0.29) is 0 Å². The number of rotatable bonds is 3. The van der Waals surface area contributed by atoms with Crippen molar-refractivity contribution in [3.05, 3.63) is 11.6 Å². The molecule has 1 atom stereocenters. The van der Waals surface area contributed by atoms with Gasteiger partial charge >= 0.3 is 0 Å². The number of allylic oxidation sites excluding steroid dienone is 2. The Kier molecular flexibility index (Phi) is 4.62. The van der Waals surface area contributed by atoms with Crippen LogP contribution in [0.4, 0.5) is 0 Å². The Hall–Kier alpha value is -0.150. The predicted octanol–water partition coefficient (Wildman–Crippen LogP) is 1.56. The highest BCUT2D eigenvalue weighted by atomic mass is 32.2. The van der Waals surface area contributed by atoms with Crippen molar-refractivity contribution in [1.82, 2.24) is 0 Å². The van der Waals surface area contributed by atoms with E-state index in [0.717, 1.165) is 0 Å². The average Bonchev–Trinajstić information content (AvgIpc) is 1.63. The lowest BCUT2D eigenvalue weighted by molar-refractivity contribution is 0.564. The molecule has 0 saturated heterocycles. The summed E-state index contributed by atoms with van der Waals surface area (Å²) in [6.45, 7) is 3.95. The molecule has 0 aliphatic rings. The minimum absolute atomic E-state index is 0.352. The molecule has 0 aromatic carbocycles. The molecule has 0 bridgehead atoms. The quantitative estimate of drug-likeness (QED) is 0.487. The Morgan fingerprint density at radius 3 is 2.56 bits per heavy atom. The SMILES string of the molecule is CC(C)=CCCS(=O)O. The molecule has 0 heterocycles. The third-order valence-corrected chi connectivity index (χ3v) is 1.43. The zero-order chi connectivity index (χ0) is 7.28. The lowest BCUT2D eigenvalue weighted by atomic mass is 10.3. The monoisotopic (exact) mass is 148 g/mol. The van der Waals surface area contributed by atoms with Gasteiger partial charge in [0.05, 0.1) is 5.75 Å². The van der Waals surface area contributed by atoms with Gasteiger partial charge in [-0.05, 0) is 20.3 Å². The third kappa shape index (κ3) is 7.85. The largest absolute Gasteiger partial charge is 0.306 e. The van der Waals surface area contributed by atoms with Crippen molar-refractivity contribution in [1.29, 1.82) is 0 Å². The Labute approximate surface area is 58.3 Å². The van der Waals surface area contributed by atoms with Crippen LogP contribution in [-0.4, -0.2) is 14.5 Å². The van der Waals surface area contributed by atoms with Gasteiger partial charge in [-0.25, -0.2) is 4.21 Å². The highest BCUT2D eigenvalue weighted by molar-refractivity contribution is 7.79. The maximum absolute atomic E-state index is 10.1. The van der Waals surface area contributed by atoms with E-state index in [1.54, 1.807) is 0 Å². The highest BCUT2D eigenvalue weighted by Crippen LogP contribution is 1.92. The molecule has 0 spiro atoms. The Morgan fingerprint density at radius 2 is 2.22 bits per heavy atom. The molecule has 0 radical (unpaired) electrons. The number of hydrogen-bond donors (Lipinski definition) is 1. The van der Waals surface area contributed by atoms with Crippen molar-refractivity contribution in [2.45, 2.75) is 20.3 Å². The summed E-state index contributed by atoms with van der Waals surface area (Å²) in [6.07, 6.45) is 2.65. The van der Waals surface area contributed by atoms with Gasteiger partial charge in [-0.15, -0.1) is 0 Å². The molecule has 0 aromatic heterocycles. The molecule has 3 heteroatoms. The minimum Gasteiger partial charge on any atom is -0.306 e. The summed E-state index contributed by atoms with van der Waals surface area (Å²) in [5.74, 6) is 0.352. The molecule has 0 saturated carbocycles. The molecule has 9 heavy (non-hydrogen) atoms. The summed E-state index contributed by atoms with van der Waals surface area (Å²) in [4.78, 5) is 0. The summed E-state index contributed by atoms with van der Waals surface area (Å²) in [6, 6.07) is 0. The lowest BCUT2D eigenvalue weighted by Crippen LogP contribution is -1.91. The Balaban J connectivity index is 3.31. The molecular weight excluding hydrogens is 136 g/mol. The molecular formula is C6H12O2S. The molecule has 1 N–H and O–H groups in total. The topological polar surface area (TPSA) is 37.3 Å². The molecule has 54 valence electrons. The zero-order valence-corrected chi connectivity index (χ0v) is 6.57. The van der Waals surface area contributed by atoms with E-state index in [0.29, 0.717) is 12.2 Å². The minimum atomic E-state index is -1.63. The van der Waals surface area contributed by atoms with Crippen molar-refractivity contribution in [2.24, 2.45) is 0 Å². The summed E-state index contributed by atoms with van der Waals surface area (Å²) < 4.78 is 18.4. The first-order chi connectivity index (χ1) is 4.13. The first-order valence-electron chi connectivity index (χ1n) is 2.83. The van der Waals surface area contributed by atoms with Crippen LogP contribution in [0, 0.1) is 0 Å². The van der Waals surface area contributed by atoms with Crippen molar-refractivity contribution < 1.29 is 8.76 Å². The molecule has 0 aliphatic heterocycles. The van der Waals surface area contributed by atoms with Crippen molar-refractivity contribution in [2.75, 3.05) is 5.75 Å². The maximum Gasteiger partial charge on any atom is 0.153 e. The molecule has 0 aliphatic carbocycles. The first-order valence-corrected chi connectivity index (χ1v) is 4.11. The molecule has 0 aromatic rings. The highest BCUT2D eigenvalue weighted by Gasteiger charge is 1.88. The van der Waals surface area contributed by atoms with Crippen LogP contribution in [0.25, 0.3) is 0 Å². The van der Waals surface area contributed by atoms with Crippen LogP contribution in [0.3, 0.4) is 0 Å². The fourth-order valence-corrected chi connectivity index (χ4v) is 0.768. The van der Waals surface area contributed by atoms with Crippen molar-refractivity contribution in [3.8, 4) is 0 Å². The van der Waals surface area contributed by atoms with Crippen LogP contribution in [0.1, 0.15) is 20.3 Å². The van der Waals surface area contributed by atoms with E-state index in [1.165, 1.54) is 5.57 Å². The predicted molar refractivity (Wildman–Crippen MR) is 39.7 cm³/mol. The molecule has 0 rings (SSSR count). The molecule has 0 amide bonds. The zero-order valence-electron chi connectivity index (χ0n) is 5.76. The van der Waals surface area contributed by atoms with Gasteiger partial charge in [-0.1, -0.05) is 11.6 Å². The fraction of sp³-hybridized carbons (Fsp3) is 0.667. The Morgan fingerprint density at radius 1 is 1.67 bits per heavy atom. The molecule has 2 nitrogen and oxygen atoms in total. The summed E-state index contributed by atoms with van der Waals surface area (Å²) >= 11 is -1.63. The Bertz CT molecular complexity index is 125. The van der Waals surface area contributed by atoms with Gasteiger partial charge in [-0.2, -0.15) is 0 Å². The second kappa shape index (κ2) is 4.70. The van der Waals surface area contributed by atoms with E-state index in [2.05, 4.69) is 0 Å². The van der Waals surface area contributed by atoms with E-state index in [4.69, 9.17) is 4.55 Å². The molecule has 0 fully saturated rings. The van der Waals surface area contributed by atoms with Gasteiger partial charge in [0.2, 0.25) is 0 Å². The fourth-order valence-electron chi connectivity index (χ4n) is 0.448. The van der Waals surface area contributed by atoms with Crippen LogP contribution >= 0.6 is 0 Å². The average molecular weight is 148 g/mol. The number of hydrogen-bond acceptors (Lipinski definition) is 1. The smallest absolute Gasteiger partial charge is 0.153 e. The summed E-state index contributed by atoms with van der Waals surface area (Å²) in [7, 11) is 0. The summed E-state index contributed by atoms with van der Waals surface area (Å²) in [5, 5.41) is 0. The van der Waals surface area contributed by atoms with E-state index >= 15 is 0 Å². The van der Waals surface area contributed by atoms with Crippen LogP contribution in [0.5, 0.6) is 0 Å². The van der Waals surface area contributed by atoms with E-state index in [1.807, 2.05) is 19.9 Å². The van der Waals surface area contributed by atoms with Gasteiger partial charge in [0.15, 0.2) is 11.1 Å². The van der Waals surface area contributed by atoms with Crippen LogP contribution in [0.15, 0.2) is 11.6 Å². The standard InChI is InChI=1S/C6H12O2S/c1-6(2)4-3-5-9(7)8/h4H,3,5H2,1-2H3,(H,7,8). The first kappa shape index (κ1) is 8.85.